The van der Waals surface area contributed by atoms with Gasteiger partial charge in [0.1, 0.15) is 12.0 Å². The number of nitrogens with zero attached hydrogens (tertiary/aromatic N) is 5. The fourth-order valence-electron chi connectivity index (χ4n) is 2.56. The predicted molar refractivity (Wildman–Crippen MR) is 109 cm³/mol. The van der Waals surface area contributed by atoms with Crippen molar-refractivity contribution < 1.29 is 4.79 Å². The second-order valence-corrected chi connectivity index (χ2v) is 7.15. The summed E-state index contributed by atoms with van der Waals surface area (Å²) < 4.78 is 3.03. The van der Waals surface area contributed by atoms with E-state index in [1.165, 1.54) is 28.6 Å². The number of aromatic nitrogens is 5. The van der Waals surface area contributed by atoms with Gasteiger partial charge in [-0.1, -0.05) is 18.2 Å². The molecule has 0 bridgehead atoms. The van der Waals surface area contributed by atoms with E-state index < -0.39 is 5.91 Å². The van der Waals surface area contributed by atoms with Gasteiger partial charge in [-0.2, -0.15) is 9.78 Å². The molecule has 1 amide bonds. The van der Waals surface area contributed by atoms with Gasteiger partial charge >= 0.3 is 0 Å². The van der Waals surface area contributed by atoms with E-state index in [0.29, 0.717) is 11.4 Å². The van der Waals surface area contributed by atoms with Crippen LogP contribution in [0.4, 0.5) is 5.69 Å². The highest BCUT2D eigenvalue weighted by atomic mass is 32.2. The normalized spacial score (nSPS) is 10.7. The molecule has 29 heavy (non-hydrogen) atoms. The van der Waals surface area contributed by atoms with Crippen LogP contribution < -0.4 is 10.9 Å². The lowest BCUT2D eigenvalue weighted by Gasteiger charge is -2.08. The summed E-state index contributed by atoms with van der Waals surface area (Å²) in [5.74, 6) is -0.400. The molecule has 0 aliphatic heterocycles. The molecule has 9 heteroatoms. The molecule has 0 saturated carbocycles. The quantitative estimate of drug-likeness (QED) is 0.550. The zero-order chi connectivity index (χ0) is 20.2. The number of carbonyl (C=O) groups excluding carboxylic acids is 1. The van der Waals surface area contributed by atoms with Crippen molar-refractivity contribution in [1.82, 2.24) is 24.5 Å². The Kier molecular flexibility index (Phi) is 5.21. The first kappa shape index (κ1) is 18.6. The summed E-state index contributed by atoms with van der Waals surface area (Å²) >= 11 is 1.47. The number of rotatable bonds is 5. The number of nitrogens with one attached hydrogen (secondary N) is 1. The molecule has 0 fully saturated rings. The van der Waals surface area contributed by atoms with E-state index in [0.717, 1.165) is 10.1 Å². The van der Waals surface area contributed by atoms with Crippen molar-refractivity contribution in [2.45, 2.75) is 10.1 Å². The third kappa shape index (κ3) is 4.25. The number of benzene rings is 2. The van der Waals surface area contributed by atoms with Crippen molar-refractivity contribution in [2.75, 3.05) is 5.32 Å². The third-order valence-electron chi connectivity index (χ3n) is 4.02. The maximum atomic E-state index is 12.6. The van der Waals surface area contributed by atoms with Crippen LogP contribution in [0.15, 0.2) is 87.9 Å². The maximum Gasteiger partial charge on any atom is 0.276 e. The number of para-hydroxylation sites is 1. The molecular formula is C20H16N6O2S. The summed E-state index contributed by atoms with van der Waals surface area (Å²) in [6.07, 6.45) is 1.64. The van der Waals surface area contributed by atoms with Crippen molar-refractivity contribution in [3.05, 3.63) is 89.1 Å². The lowest BCUT2D eigenvalue weighted by atomic mass is 10.3. The number of hydrogen-bond donors (Lipinski definition) is 1. The fourth-order valence-corrected chi connectivity index (χ4v) is 3.32. The van der Waals surface area contributed by atoms with E-state index in [2.05, 4.69) is 20.6 Å². The molecular weight excluding hydrogens is 388 g/mol. The van der Waals surface area contributed by atoms with E-state index >= 15 is 0 Å². The molecule has 0 aliphatic rings. The Hall–Kier alpha value is -3.72. The van der Waals surface area contributed by atoms with Gasteiger partial charge in [-0.3, -0.25) is 9.59 Å². The van der Waals surface area contributed by atoms with Gasteiger partial charge in [0.15, 0.2) is 5.16 Å². The van der Waals surface area contributed by atoms with Crippen LogP contribution in [0.5, 0.6) is 0 Å². The second kappa shape index (κ2) is 8.11. The summed E-state index contributed by atoms with van der Waals surface area (Å²) in [4.78, 5) is 25.6. The fraction of sp³-hybridized carbons (Fsp3) is 0.0500. The zero-order valence-electron chi connectivity index (χ0n) is 15.4. The zero-order valence-corrected chi connectivity index (χ0v) is 16.2. The van der Waals surface area contributed by atoms with E-state index in [9.17, 15) is 9.59 Å². The average Bonchev–Trinajstić information content (AvgIpc) is 3.15. The minimum absolute atomic E-state index is 0.144. The van der Waals surface area contributed by atoms with Gasteiger partial charge in [0.05, 0.1) is 5.69 Å². The molecule has 4 aromatic rings. The third-order valence-corrected chi connectivity index (χ3v) is 5.08. The molecule has 2 aromatic heterocycles. The van der Waals surface area contributed by atoms with Crippen molar-refractivity contribution >= 4 is 23.4 Å². The van der Waals surface area contributed by atoms with E-state index in [1.807, 2.05) is 29.8 Å². The Morgan fingerprint density at radius 2 is 1.76 bits per heavy atom. The molecule has 0 saturated heterocycles. The van der Waals surface area contributed by atoms with E-state index in [1.54, 1.807) is 42.7 Å². The minimum atomic E-state index is -0.400. The molecule has 2 heterocycles. The van der Waals surface area contributed by atoms with Crippen LogP contribution in [0.1, 0.15) is 10.5 Å². The van der Waals surface area contributed by atoms with Crippen LogP contribution in [0, 0.1) is 0 Å². The van der Waals surface area contributed by atoms with Crippen LogP contribution in [-0.4, -0.2) is 30.5 Å². The predicted octanol–water partition coefficient (Wildman–Crippen LogP) is 2.76. The first-order valence-electron chi connectivity index (χ1n) is 8.69. The molecule has 0 aliphatic carbocycles. The van der Waals surface area contributed by atoms with Gasteiger partial charge in [-0.05, 0) is 54.2 Å². The topological polar surface area (TPSA) is 94.7 Å². The molecule has 0 atom stereocenters. The van der Waals surface area contributed by atoms with Crippen molar-refractivity contribution in [3.8, 4) is 5.69 Å². The van der Waals surface area contributed by atoms with Crippen molar-refractivity contribution in [2.24, 2.45) is 7.05 Å². The number of anilines is 1. The molecule has 0 radical (unpaired) electrons. The molecule has 4 rings (SSSR count). The minimum Gasteiger partial charge on any atom is -0.321 e. The average molecular weight is 404 g/mol. The van der Waals surface area contributed by atoms with E-state index in [-0.39, 0.29) is 11.3 Å². The van der Waals surface area contributed by atoms with E-state index in [4.69, 9.17) is 0 Å². The summed E-state index contributed by atoms with van der Waals surface area (Å²) in [7, 11) is 1.87. The summed E-state index contributed by atoms with van der Waals surface area (Å²) in [6, 6.07) is 19.1. The van der Waals surface area contributed by atoms with Crippen LogP contribution in [-0.2, 0) is 7.05 Å². The van der Waals surface area contributed by atoms with Gasteiger partial charge in [0.2, 0.25) is 0 Å². The van der Waals surface area contributed by atoms with Crippen LogP contribution in [0.2, 0.25) is 0 Å². The van der Waals surface area contributed by atoms with Crippen molar-refractivity contribution in [1.29, 1.82) is 0 Å². The summed E-state index contributed by atoms with van der Waals surface area (Å²) in [6.45, 7) is 0. The maximum absolute atomic E-state index is 12.6. The van der Waals surface area contributed by atoms with Crippen LogP contribution >= 0.6 is 11.8 Å². The van der Waals surface area contributed by atoms with Gasteiger partial charge in [-0.15, -0.1) is 10.2 Å². The Labute approximate surface area is 170 Å². The second-order valence-electron chi connectivity index (χ2n) is 6.11. The molecule has 0 unspecified atom stereocenters. The number of carbonyl (C=O) groups is 1. The Morgan fingerprint density at radius 1 is 1.00 bits per heavy atom. The van der Waals surface area contributed by atoms with Gasteiger partial charge < -0.3 is 9.88 Å². The molecule has 0 spiro atoms. The summed E-state index contributed by atoms with van der Waals surface area (Å²) in [5, 5.41) is 15.6. The first-order chi connectivity index (χ1) is 14.1. The molecule has 8 nitrogen and oxygen atoms in total. The van der Waals surface area contributed by atoms with Crippen molar-refractivity contribution in [3.63, 3.8) is 0 Å². The first-order valence-corrected chi connectivity index (χ1v) is 9.51. The molecule has 2 aromatic carbocycles. The highest BCUT2D eigenvalue weighted by Crippen LogP contribution is 2.26. The number of hydrogen-bond acceptors (Lipinski definition) is 6. The number of amides is 1. The lowest BCUT2D eigenvalue weighted by Crippen LogP contribution is -2.24. The van der Waals surface area contributed by atoms with Gasteiger partial charge in [0.25, 0.3) is 11.5 Å². The standard InChI is InChI=1S/C20H16N6O2S/c1-25-13-21-23-20(25)29-16-9-7-14(8-10-16)22-19(28)17-11-12-18(27)26(24-17)15-5-3-2-4-6-15/h2-13H,1H3,(H,22,28). The van der Waals surface area contributed by atoms with Crippen LogP contribution in [0.25, 0.3) is 5.69 Å². The number of aryl methyl sites for hydroxylation is 1. The SMILES string of the molecule is Cn1cnnc1Sc1ccc(NC(=O)c2ccc(=O)n(-c3ccccc3)n2)cc1. The highest BCUT2D eigenvalue weighted by Gasteiger charge is 2.11. The summed E-state index contributed by atoms with van der Waals surface area (Å²) in [5.41, 5.74) is 1.05. The lowest BCUT2D eigenvalue weighted by molar-refractivity contribution is 0.102. The highest BCUT2D eigenvalue weighted by molar-refractivity contribution is 7.99. The van der Waals surface area contributed by atoms with Gasteiger partial charge in [-0.25, -0.2) is 0 Å². The Morgan fingerprint density at radius 3 is 2.45 bits per heavy atom. The Balaban J connectivity index is 1.49. The monoisotopic (exact) mass is 404 g/mol. The van der Waals surface area contributed by atoms with Crippen LogP contribution in [0.3, 0.4) is 0 Å². The molecule has 144 valence electrons. The molecule has 1 N–H and O–H groups in total. The smallest absolute Gasteiger partial charge is 0.276 e. The Bertz CT molecular complexity index is 1200. The van der Waals surface area contributed by atoms with Gasteiger partial charge in [0, 0.05) is 23.7 Å². The largest absolute Gasteiger partial charge is 0.321 e.